The molecule has 0 aliphatic rings. The highest BCUT2D eigenvalue weighted by atomic mass is 19.3. The molecule has 0 saturated heterocycles. The summed E-state index contributed by atoms with van der Waals surface area (Å²) in [5.41, 5.74) is 0.487. The Hall–Kier alpha value is -2.18. The van der Waals surface area contributed by atoms with E-state index in [9.17, 15) is 18.4 Å². The van der Waals surface area contributed by atoms with E-state index in [2.05, 4.69) is 10.1 Å². The summed E-state index contributed by atoms with van der Waals surface area (Å²) in [4.78, 5) is 25.2. The zero-order valence-electron chi connectivity index (χ0n) is 14.4. The second-order valence-corrected chi connectivity index (χ2v) is 6.57. The molecule has 7 heteroatoms. The van der Waals surface area contributed by atoms with Crippen LogP contribution in [0, 0.1) is 0 Å². The molecule has 0 radical (unpaired) electrons. The summed E-state index contributed by atoms with van der Waals surface area (Å²) in [5.74, 6) is -0.296. The molecule has 0 heterocycles. The van der Waals surface area contributed by atoms with Gasteiger partial charge in [0.05, 0.1) is 6.54 Å². The van der Waals surface area contributed by atoms with Gasteiger partial charge in [-0.1, -0.05) is 12.1 Å². The molecule has 5 nitrogen and oxygen atoms in total. The molecule has 134 valence electrons. The van der Waals surface area contributed by atoms with Gasteiger partial charge in [-0.15, -0.1) is 0 Å². The van der Waals surface area contributed by atoms with Gasteiger partial charge in [-0.25, -0.2) is 0 Å². The summed E-state index contributed by atoms with van der Waals surface area (Å²) in [6, 6.07) is 6.15. The van der Waals surface area contributed by atoms with E-state index in [0.29, 0.717) is 6.42 Å². The Kier molecular flexibility index (Phi) is 7.13. The predicted octanol–water partition coefficient (Wildman–Crippen LogP) is 2.59. The van der Waals surface area contributed by atoms with Crippen molar-refractivity contribution in [3.63, 3.8) is 0 Å². The molecular formula is C17H24F2N2O3. The van der Waals surface area contributed by atoms with Crippen LogP contribution in [0.5, 0.6) is 5.75 Å². The monoisotopic (exact) mass is 342 g/mol. The van der Waals surface area contributed by atoms with Crippen molar-refractivity contribution >= 4 is 11.8 Å². The van der Waals surface area contributed by atoms with Crippen LogP contribution in [-0.4, -0.2) is 42.5 Å². The zero-order valence-corrected chi connectivity index (χ0v) is 14.4. The Morgan fingerprint density at radius 1 is 1.21 bits per heavy atom. The van der Waals surface area contributed by atoms with E-state index < -0.39 is 6.61 Å². The maximum absolute atomic E-state index is 12.1. The molecule has 1 N–H and O–H groups in total. The molecule has 1 rings (SSSR count). The number of carbonyl (C=O) groups excluding carboxylic acids is 2. The van der Waals surface area contributed by atoms with E-state index in [1.54, 1.807) is 19.2 Å². The summed E-state index contributed by atoms with van der Waals surface area (Å²) in [7, 11) is 1.57. The SMILES string of the molecule is CN(CC(=O)NC(C)(C)C)C(=O)CCc1ccc(OC(F)F)cc1. The Balaban J connectivity index is 2.43. The first-order valence-corrected chi connectivity index (χ1v) is 7.65. The van der Waals surface area contributed by atoms with Crippen molar-refractivity contribution in [1.29, 1.82) is 0 Å². The third kappa shape index (κ3) is 7.89. The van der Waals surface area contributed by atoms with E-state index in [1.807, 2.05) is 20.8 Å². The van der Waals surface area contributed by atoms with Gasteiger partial charge < -0.3 is 15.0 Å². The molecule has 0 fully saturated rings. The van der Waals surface area contributed by atoms with Crippen LogP contribution in [0.1, 0.15) is 32.8 Å². The summed E-state index contributed by atoms with van der Waals surface area (Å²) in [5, 5.41) is 2.79. The number of likely N-dealkylation sites (N-methyl/N-ethyl adjacent to an activating group) is 1. The number of benzene rings is 1. The first-order chi connectivity index (χ1) is 11.1. The predicted molar refractivity (Wildman–Crippen MR) is 86.9 cm³/mol. The van der Waals surface area contributed by atoms with Gasteiger partial charge in [0.15, 0.2) is 0 Å². The van der Waals surface area contributed by atoms with Gasteiger partial charge in [0.25, 0.3) is 0 Å². The minimum Gasteiger partial charge on any atom is -0.435 e. The molecule has 24 heavy (non-hydrogen) atoms. The number of ether oxygens (including phenoxy) is 1. The highest BCUT2D eigenvalue weighted by Gasteiger charge is 2.17. The van der Waals surface area contributed by atoms with Crippen LogP contribution >= 0.6 is 0 Å². The van der Waals surface area contributed by atoms with Crippen LogP contribution in [0.2, 0.25) is 0 Å². The van der Waals surface area contributed by atoms with Crippen LogP contribution in [0.25, 0.3) is 0 Å². The molecule has 0 aromatic heterocycles. The fraction of sp³-hybridized carbons (Fsp3) is 0.529. The molecule has 0 unspecified atom stereocenters. The second-order valence-electron chi connectivity index (χ2n) is 6.57. The van der Waals surface area contributed by atoms with E-state index >= 15 is 0 Å². The summed E-state index contributed by atoms with van der Waals surface area (Å²) in [6.45, 7) is 2.75. The molecule has 2 amide bonds. The van der Waals surface area contributed by atoms with Gasteiger partial charge in [0.1, 0.15) is 5.75 Å². The highest BCUT2D eigenvalue weighted by Crippen LogP contribution is 2.16. The number of hydrogen-bond donors (Lipinski definition) is 1. The average molecular weight is 342 g/mol. The minimum atomic E-state index is -2.86. The topological polar surface area (TPSA) is 58.6 Å². The lowest BCUT2D eigenvalue weighted by Crippen LogP contribution is -2.46. The smallest absolute Gasteiger partial charge is 0.387 e. The number of nitrogens with zero attached hydrogens (tertiary/aromatic N) is 1. The maximum atomic E-state index is 12.1. The summed E-state index contributed by atoms with van der Waals surface area (Å²) in [6.07, 6.45) is 0.688. The Morgan fingerprint density at radius 3 is 2.29 bits per heavy atom. The first kappa shape index (κ1) is 19.9. The Morgan fingerprint density at radius 2 is 1.79 bits per heavy atom. The molecule has 0 saturated carbocycles. The van der Waals surface area contributed by atoms with Crippen LogP contribution < -0.4 is 10.1 Å². The molecule has 0 spiro atoms. The van der Waals surface area contributed by atoms with Gasteiger partial charge in [-0.3, -0.25) is 9.59 Å². The molecule has 1 aromatic rings. The summed E-state index contributed by atoms with van der Waals surface area (Å²) < 4.78 is 28.4. The van der Waals surface area contributed by atoms with E-state index in [-0.39, 0.29) is 36.1 Å². The third-order valence-electron chi connectivity index (χ3n) is 3.10. The normalized spacial score (nSPS) is 11.3. The van der Waals surface area contributed by atoms with Crippen molar-refractivity contribution in [3.8, 4) is 5.75 Å². The average Bonchev–Trinajstić information content (AvgIpc) is 2.43. The van der Waals surface area contributed by atoms with Gasteiger partial charge in [0.2, 0.25) is 11.8 Å². The number of alkyl halides is 2. The van der Waals surface area contributed by atoms with Crippen LogP contribution in [-0.2, 0) is 16.0 Å². The number of halogens is 2. The fourth-order valence-electron chi connectivity index (χ4n) is 2.04. The molecule has 0 aliphatic heterocycles. The lowest BCUT2D eigenvalue weighted by Gasteiger charge is -2.23. The highest BCUT2D eigenvalue weighted by molar-refractivity contribution is 5.85. The largest absolute Gasteiger partial charge is 0.435 e. The lowest BCUT2D eigenvalue weighted by molar-refractivity contribution is -0.135. The summed E-state index contributed by atoms with van der Waals surface area (Å²) >= 11 is 0. The molecule has 0 aliphatic carbocycles. The Labute approximate surface area is 141 Å². The van der Waals surface area contributed by atoms with Crippen molar-refractivity contribution in [3.05, 3.63) is 29.8 Å². The van der Waals surface area contributed by atoms with Crippen LogP contribution in [0.4, 0.5) is 8.78 Å². The molecule has 1 aromatic carbocycles. The van der Waals surface area contributed by atoms with Gasteiger partial charge in [-0.05, 0) is 44.9 Å². The number of nitrogens with one attached hydrogen (secondary N) is 1. The Bertz CT molecular complexity index is 554. The minimum absolute atomic E-state index is 0.00271. The van der Waals surface area contributed by atoms with E-state index in [4.69, 9.17) is 0 Å². The third-order valence-corrected chi connectivity index (χ3v) is 3.10. The van der Waals surface area contributed by atoms with E-state index in [1.165, 1.54) is 17.0 Å². The van der Waals surface area contributed by atoms with E-state index in [0.717, 1.165) is 5.56 Å². The van der Waals surface area contributed by atoms with Crippen LogP contribution in [0.3, 0.4) is 0 Å². The van der Waals surface area contributed by atoms with Crippen molar-refractivity contribution in [2.45, 2.75) is 45.8 Å². The molecule has 0 atom stereocenters. The number of amides is 2. The quantitative estimate of drug-likeness (QED) is 0.829. The van der Waals surface area contributed by atoms with Crippen molar-refractivity contribution in [2.75, 3.05) is 13.6 Å². The van der Waals surface area contributed by atoms with Crippen LogP contribution in [0.15, 0.2) is 24.3 Å². The lowest BCUT2D eigenvalue weighted by atomic mass is 10.1. The maximum Gasteiger partial charge on any atom is 0.387 e. The number of rotatable bonds is 7. The standard InChI is InChI=1S/C17H24F2N2O3/c1-17(2,3)20-14(22)11-21(4)15(23)10-7-12-5-8-13(9-6-12)24-16(18)19/h5-6,8-9,16H,7,10-11H2,1-4H3,(H,20,22). The second kappa shape index (κ2) is 8.61. The fourth-order valence-corrected chi connectivity index (χ4v) is 2.04. The number of hydrogen-bond acceptors (Lipinski definition) is 3. The van der Waals surface area contributed by atoms with Crippen molar-refractivity contribution in [1.82, 2.24) is 10.2 Å². The number of carbonyl (C=O) groups is 2. The van der Waals surface area contributed by atoms with Gasteiger partial charge in [-0.2, -0.15) is 8.78 Å². The molecule has 0 bridgehead atoms. The van der Waals surface area contributed by atoms with Gasteiger partial charge in [0, 0.05) is 19.0 Å². The first-order valence-electron chi connectivity index (χ1n) is 7.65. The number of aryl methyl sites for hydroxylation is 1. The van der Waals surface area contributed by atoms with Crippen molar-refractivity contribution in [2.24, 2.45) is 0 Å². The zero-order chi connectivity index (χ0) is 18.3. The van der Waals surface area contributed by atoms with Crippen molar-refractivity contribution < 1.29 is 23.1 Å². The van der Waals surface area contributed by atoms with Gasteiger partial charge >= 0.3 is 6.61 Å². The molecular weight excluding hydrogens is 318 g/mol.